The molecule has 1 atom stereocenters. The minimum absolute atomic E-state index is 0.000451. The third kappa shape index (κ3) is 5.01. The van der Waals surface area contributed by atoms with Crippen molar-refractivity contribution in [1.29, 1.82) is 0 Å². The molecule has 0 radical (unpaired) electrons. The van der Waals surface area contributed by atoms with Gasteiger partial charge in [0.1, 0.15) is 5.82 Å². The highest BCUT2D eigenvalue weighted by Gasteiger charge is 2.18. The highest BCUT2D eigenvalue weighted by molar-refractivity contribution is 7.99. The van der Waals surface area contributed by atoms with E-state index < -0.39 is 0 Å². The number of benzene rings is 2. The number of carbonyl (C=O) groups is 1. The average Bonchev–Trinajstić information content (AvgIpc) is 3.05. The van der Waals surface area contributed by atoms with Crippen molar-refractivity contribution in [2.75, 3.05) is 12.8 Å². The van der Waals surface area contributed by atoms with Gasteiger partial charge in [-0.2, -0.15) is 0 Å². The van der Waals surface area contributed by atoms with E-state index in [0.29, 0.717) is 5.75 Å². The molecule has 1 heterocycles. The molecule has 0 fully saturated rings. The molecule has 1 amide bonds. The van der Waals surface area contributed by atoms with Crippen LogP contribution in [0.5, 0.6) is 0 Å². The molecule has 2 aromatic carbocycles. The smallest absolute Gasteiger partial charge is 0.233 e. The number of hydrogen-bond donors (Lipinski definition) is 1. The summed E-state index contributed by atoms with van der Waals surface area (Å²) in [6.45, 7) is 3.94. The van der Waals surface area contributed by atoms with Gasteiger partial charge in [0.05, 0.1) is 17.5 Å². The number of rotatable bonds is 7. The van der Waals surface area contributed by atoms with Crippen LogP contribution < -0.4 is 0 Å². The maximum atomic E-state index is 13.1. The van der Waals surface area contributed by atoms with Gasteiger partial charge in [-0.15, -0.1) is 0 Å². The van der Waals surface area contributed by atoms with Crippen molar-refractivity contribution in [2.24, 2.45) is 0 Å². The number of carbonyl (C=O) groups excluding carboxylic acids is 1. The molecule has 28 heavy (non-hydrogen) atoms. The number of nitrogens with one attached hydrogen (secondary N) is 1. The zero-order chi connectivity index (χ0) is 20.1. The molecular formula is C22H24FN3OS. The van der Waals surface area contributed by atoms with Gasteiger partial charge in [-0.1, -0.05) is 54.2 Å². The van der Waals surface area contributed by atoms with E-state index in [4.69, 9.17) is 0 Å². The predicted molar refractivity (Wildman–Crippen MR) is 111 cm³/mol. The lowest BCUT2D eigenvalue weighted by Crippen LogP contribution is -2.31. The highest BCUT2D eigenvalue weighted by Crippen LogP contribution is 2.23. The Morgan fingerprint density at radius 2 is 1.86 bits per heavy atom. The monoisotopic (exact) mass is 397 g/mol. The summed E-state index contributed by atoms with van der Waals surface area (Å²) in [6.07, 6.45) is 0.763. The summed E-state index contributed by atoms with van der Waals surface area (Å²) in [6, 6.07) is 16.3. The van der Waals surface area contributed by atoms with Crippen molar-refractivity contribution < 1.29 is 9.18 Å². The van der Waals surface area contributed by atoms with Gasteiger partial charge in [0.15, 0.2) is 5.16 Å². The summed E-state index contributed by atoms with van der Waals surface area (Å²) in [4.78, 5) is 22.2. The van der Waals surface area contributed by atoms with Gasteiger partial charge in [0, 0.05) is 19.2 Å². The molecule has 3 aromatic rings. The molecule has 0 aliphatic carbocycles. The summed E-state index contributed by atoms with van der Waals surface area (Å²) in [5, 5.41) is 0.750. The first kappa shape index (κ1) is 20.1. The number of H-pyrrole nitrogens is 1. The van der Waals surface area contributed by atoms with Crippen LogP contribution in [-0.2, 0) is 11.2 Å². The van der Waals surface area contributed by atoms with E-state index in [1.165, 1.54) is 29.5 Å². The van der Waals surface area contributed by atoms with Crippen LogP contribution in [0, 0.1) is 12.7 Å². The Hall–Kier alpha value is -2.60. The largest absolute Gasteiger partial charge is 0.338 e. The fraction of sp³-hybridized carbons (Fsp3) is 0.273. The van der Waals surface area contributed by atoms with Crippen molar-refractivity contribution in [2.45, 2.75) is 31.5 Å². The number of nitrogens with zero attached hydrogens (tertiary/aromatic N) is 2. The summed E-state index contributed by atoms with van der Waals surface area (Å²) < 4.78 is 13.1. The van der Waals surface area contributed by atoms with E-state index in [1.807, 2.05) is 32.0 Å². The first-order valence-electron chi connectivity index (χ1n) is 9.17. The maximum Gasteiger partial charge on any atom is 0.233 e. The number of aromatic nitrogens is 2. The Bertz CT molecular complexity index is 925. The fourth-order valence-electron chi connectivity index (χ4n) is 2.91. The van der Waals surface area contributed by atoms with Crippen molar-refractivity contribution in [3.63, 3.8) is 0 Å². The van der Waals surface area contributed by atoms with E-state index in [9.17, 15) is 9.18 Å². The van der Waals surface area contributed by atoms with Crippen molar-refractivity contribution in [1.82, 2.24) is 14.9 Å². The minimum atomic E-state index is -0.278. The minimum Gasteiger partial charge on any atom is -0.338 e. The van der Waals surface area contributed by atoms with Crippen LogP contribution in [0.15, 0.2) is 59.8 Å². The lowest BCUT2D eigenvalue weighted by Gasteiger charge is -2.25. The van der Waals surface area contributed by atoms with Crippen molar-refractivity contribution in [3.05, 3.63) is 82.9 Å². The van der Waals surface area contributed by atoms with E-state index in [2.05, 4.69) is 22.1 Å². The number of amides is 1. The second-order valence-electron chi connectivity index (χ2n) is 6.80. The maximum absolute atomic E-state index is 13.1. The Morgan fingerprint density at radius 3 is 2.54 bits per heavy atom. The number of halogens is 1. The molecule has 1 N–H and O–H groups in total. The van der Waals surface area contributed by atoms with Gasteiger partial charge in [-0.05, 0) is 37.1 Å². The third-order valence-corrected chi connectivity index (χ3v) is 5.70. The summed E-state index contributed by atoms with van der Waals surface area (Å²) in [5.74, 6) is 0.0141. The Labute approximate surface area is 169 Å². The van der Waals surface area contributed by atoms with Gasteiger partial charge in [0.2, 0.25) is 5.91 Å². The molecule has 1 unspecified atom stereocenters. The Kier molecular flexibility index (Phi) is 6.52. The van der Waals surface area contributed by atoms with Gasteiger partial charge in [-0.25, -0.2) is 9.37 Å². The van der Waals surface area contributed by atoms with Crippen LogP contribution in [0.4, 0.5) is 4.39 Å². The molecule has 1 aromatic heterocycles. The number of aromatic amines is 1. The molecule has 0 aliphatic heterocycles. The highest BCUT2D eigenvalue weighted by atomic mass is 32.2. The van der Waals surface area contributed by atoms with Crippen LogP contribution in [0.2, 0.25) is 0 Å². The number of aryl methyl sites for hydroxylation is 1. The van der Waals surface area contributed by atoms with E-state index in [0.717, 1.165) is 28.5 Å². The van der Waals surface area contributed by atoms with Gasteiger partial charge < -0.3 is 9.88 Å². The molecular weight excluding hydrogens is 373 g/mol. The van der Waals surface area contributed by atoms with Crippen LogP contribution >= 0.6 is 11.8 Å². The molecule has 0 aliphatic rings. The number of hydrogen-bond acceptors (Lipinski definition) is 3. The molecule has 0 bridgehead atoms. The first-order chi connectivity index (χ1) is 13.4. The molecule has 4 nitrogen and oxygen atoms in total. The molecule has 3 rings (SSSR count). The standard InChI is InChI=1S/C22H24FN3OS/c1-15-20(13-17-7-5-4-6-8-17)25-22(24-15)28-14-21(27)26(3)16(2)18-9-11-19(23)12-10-18/h4-12,16H,13-14H2,1-3H3,(H,24,25). The first-order valence-corrected chi connectivity index (χ1v) is 10.2. The van der Waals surface area contributed by atoms with E-state index in [-0.39, 0.29) is 17.8 Å². The second kappa shape index (κ2) is 9.06. The van der Waals surface area contributed by atoms with Crippen LogP contribution in [0.3, 0.4) is 0 Å². The summed E-state index contributed by atoms with van der Waals surface area (Å²) >= 11 is 1.40. The topological polar surface area (TPSA) is 49.0 Å². The van der Waals surface area contributed by atoms with Crippen molar-refractivity contribution >= 4 is 17.7 Å². The third-order valence-electron chi connectivity index (χ3n) is 4.84. The normalized spacial score (nSPS) is 12.0. The fourth-order valence-corrected chi connectivity index (χ4v) is 3.77. The molecule has 6 heteroatoms. The van der Waals surface area contributed by atoms with E-state index in [1.54, 1.807) is 24.1 Å². The van der Waals surface area contributed by atoms with Crippen molar-refractivity contribution in [3.8, 4) is 0 Å². The Morgan fingerprint density at radius 1 is 1.18 bits per heavy atom. The van der Waals surface area contributed by atoms with Gasteiger partial charge >= 0.3 is 0 Å². The molecule has 146 valence electrons. The van der Waals surface area contributed by atoms with Gasteiger partial charge in [0.25, 0.3) is 0 Å². The SMILES string of the molecule is Cc1[nH]c(SCC(=O)N(C)C(C)c2ccc(F)cc2)nc1Cc1ccccc1. The lowest BCUT2D eigenvalue weighted by molar-refractivity contribution is -0.128. The van der Waals surface area contributed by atoms with Crippen LogP contribution in [0.25, 0.3) is 0 Å². The second-order valence-corrected chi connectivity index (χ2v) is 7.76. The summed E-state index contributed by atoms with van der Waals surface area (Å²) in [5.41, 5.74) is 4.12. The predicted octanol–water partition coefficient (Wildman–Crippen LogP) is 4.76. The zero-order valence-electron chi connectivity index (χ0n) is 16.3. The van der Waals surface area contributed by atoms with E-state index >= 15 is 0 Å². The van der Waals surface area contributed by atoms with Gasteiger partial charge in [-0.3, -0.25) is 4.79 Å². The number of imidazole rings is 1. The molecule has 0 saturated heterocycles. The average molecular weight is 398 g/mol. The number of thioether (sulfide) groups is 1. The zero-order valence-corrected chi connectivity index (χ0v) is 17.1. The quantitative estimate of drug-likeness (QED) is 0.585. The molecule has 0 spiro atoms. The summed E-state index contributed by atoms with van der Waals surface area (Å²) in [7, 11) is 1.77. The van der Waals surface area contributed by atoms with Crippen LogP contribution in [-0.4, -0.2) is 33.6 Å². The molecule has 0 saturated carbocycles. The Balaban J connectivity index is 1.58. The van der Waals surface area contributed by atoms with Crippen LogP contribution in [0.1, 0.15) is 35.5 Å². The lowest BCUT2D eigenvalue weighted by atomic mass is 10.1.